The highest BCUT2D eigenvalue weighted by molar-refractivity contribution is 8.15. The molecule has 1 N–H and O–H groups in total. The molecule has 0 saturated carbocycles. The Morgan fingerprint density at radius 3 is 2.76 bits per heavy atom. The minimum Gasteiger partial charge on any atom is -0.467 e. The number of nitrogens with zero attached hydrogens (tertiary/aromatic N) is 3. The maximum Gasteiger partial charge on any atom is 0.243 e. The van der Waals surface area contributed by atoms with Crippen LogP contribution in [0, 0.1) is 0 Å². The SMILES string of the molecule is O=C1CSC(=N/N=C2\S[C@H](CC(=O)c3ccc4c(c3)CCCC4)C(=O)N2Cc2ccco2)N1. The Hall–Kier alpha value is -2.85. The van der Waals surface area contributed by atoms with Gasteiger partial charge in [0.05, 0.1) is 23.8 Å². The van der Waals surface area contributed by atoms with E-state index in [1.54, 1.807) is 18.4 Å². The number of amides is 2. The number of fused-ring (bicyclic) bond motifs is 1. The Kier molecular flexibility index (Phi) is 6.37. The Labute approximate surface area is 199 Å². The molecule has 2 aromatic rings. The monoisotopic (exact) mass is 482 g/mol. The number of amidine groups is 2. The van der Waals surface area contributed by atoms with Gasteiger partial charge in [-0.15, -0.1) is 10.2 Å². The van der Waals surface area contributed by atoms with Crippen LogP contribution in [0.5, 0.6) is 0 Å². The maximum atomic E-state index is 13.2. The summed E-state index contributed by atoms with van der Waals surface area (Å²) in [6.45, 7) is 0.200. The van der Waals surface area contributed by atoms with Crippen molar-refractivity contribution in [3.05, 3.63) is 59.0 Å². The van der Waals surface area contributed by atoms with Gasteiger partial charge in [-0.1, -0.05) is 35.7 Å². The van der Waals surface area contributed by atoms with Gasteiger partial charge < -0.3 is 9.73 Å². The van der Waals surface area contributed by atoms with Gasteiger partial charge in [-0.25, -0.2) is 0 Å². The Bertz CT molecular complexity index is 1160. The molecule has 5 rings (SSSR count). The van der Waals surface area contributed by atoms with Crippen LogP contribution in [-0.2, 0) is 29.0 Å². The van der Waals surface area contributed by atoms with Gasteiger partial charge in [0.1, 0.15) is 5.76 Å². The van der Waals surface area contributed by atoms with E-state index in [2.05, 4.69) is 15.5 Å². The number of carbonyl (C=O) groups excluding carboxylic acids is 3. The normalized spacial score (nSPS) is 22.8. The molecule has 8 nitrogen and oxygen atoms in total. The summed E-state index contributed by atoms with van der Waals surface area (Å²) < 4.78 is 5.40. The van der Waals surface area contributed by atoms with Gasteiger partial charge in [-0.2, -0.15) is 0 Å². The van der Waals surface area contributed by atoms with E-state index >= 15 is 0 Å². The number of furan rings is 1. The molecule has 0 unspecified atom stereocenters. The van der Waals surface area contributed by atoms with Crippen molar-refractivity contribution in [2.45, 2.75) is 43.9 Å². The molecule has 3 heterocycles. The molecule has 0 spiro atoms. The van der Waals surface area contributed by atoms with Crippen molar-refractivity contribution in [1.29, 1.82) is 0 Å². The number of ketones is 1. The van der Waals surface area contributed by atoms with E-state index in [1.165, 1.54) is 46.0 Å². The lowest BCUT2D eigenvalue weighted by atomic mass is 9.89. The molecule has 2 saturated heterocycles. The second-order valence-corrected chi connectivity index (χ2v) is 10.2. The molecular weight excluding hydrogens is 460 g/mol. The third-order valence-electron chi connectivity index (χ3n) is 5.77. The van der Waals surface area contributed by atoms with Crippen molar-refractivity contribution in [3.8, 4) is 0 Å². The summed E-state index contributed by atoms with van der Waals surface area (Å²) in [6.07, 6.45) is 6.01. The first-order chi connectivity index (χ1) is 16.1. The van der Waals surface area contributed by atoms with Gasteiger partial charge in [0.2, 0.25) is 11.8 Å². The van der Waals surface area contributed by atoms with Gasteiger partial charge in [-0.3, -0.25) is 19.3 Å². The van der Waals surface area contributed by atoms with Gasteiger partial charge in [0.25, 0.3) is 0 Å². The highest BCUT2D eigenvalue weighted by Crippen LogP contribution is 2.33. The predicted octanol–water partition coefficient (Wildman–Crippen LogP) is 3.37. The summed E-state index contributed by atoms with van der Waals surface area (Å²) in [5.41, 5.74) is 3.21. The molecule has 3 aliphatic rings. The third-order valence-corrected chi connectivity index (χ3v) is 7.80. The summed E-state index contributed by atoms with van der Waals surface area (Å²) in [5.74, 6) is 0.511. The fourth-order valence-corrected chi connectivity index (χ4v) is 5.79. The number of rotatable bonds is 6. The number of thioether (sulfide) groups is 2. The van der Waals surface area contributed by atoms with Crippen LogP contribution in [0.25, 0.3) is 0 Å². The van der Waals surface area contributed by atoms with E-state index in [1.807, 2.05) is 18.2 Å². The number of hydrogen-bond acceptors (Lipinski definition) is 8. The number of carbonyl (C=O) groups is 3. The standard InChI is InChI=1S/C23H22N4O4S2/c28-18(16-8-7-14-4-1-2-5-15(14)10-16)11-19-21(30)27(12-17-6-3-9-31-17)23(33-19)26-25-22-24-20(29)13-32-22/h3,6-10,19H,1-2,4-5,11-13H2,(H,24,25,29)/b26-23-/t19-/m1/s1. The van der Waals surface area contributed by atoms with Crippen molar-refractivity contribution in [3.63, 3.8) is 0 Å². The molecule has 0 bridgehead atoms. The molecule has 10 heteroatoms. The molecule has 1 aromatic heterocycles. The van der Waals surface area contributed by atoms with Crippen LogP contribution in [-0.4, -0.2) is 43.8 Å². The van der Waals surface area contributed by atoms with Crippen molar-refractivity contribution >= 4 is 51.5 Å². The van der Waals surface area contributed by atoms with Crippen LogP contribution in [0.3, 0.4) is 0 Å². The lowest BCUT2D eigenvalue weighted by Crippen LogP contribution is -2.32. The van der Waals surface area contributed by atoms with Gasteiger partial charge in [0, 0.05) is 12.0 Å². The molecule has 1 aromatic carbocycles. The van der Waals surface area contributed by atoms with Crippen molar-refractivity contribution in [2.75, 3.05) is 5.75 Å². The molecular formula is C23H22N4O4S2. The van der Waals surface area contributed by atoms with Crippen LogP contribution < -0.4 is 5.32 Å². The highest BCUT2D eigenvalue weighted by Gasteiger charge is 2.40. The highest BCUT2D eigenvalue weighted by atomic mass is 32.2. The second kappa shape index (κ2) is 9.56. The third kappa shape index (κ3) is 4.91. The number of hydrogen-bond donors (Lipinski definition) is 1. The summed E-state index contributed by atoms with van der Waals surface area (Å²) in [7, 11) is 0. The smallest absolute Gasteiger partial charge is 0.243 e. The molecule has 170 valence electrons. The zero-order chi connectivity index (χ0) is 22.8. The first-order valence-corrected chi connectivity index (χ1v) is 12.7. The van der Waals surface area contributed by atoms with Gasteiger partial charge in [-0.05, 0) is 55.0 Å². The Balaban J connectivity index is 1.34. The fraction of sp³-hybridized carbons (Fsp3) is 0.348. The Morgan fingerprint density at radius 1 is 1.15 bits per heavy atom. The van der Waals surface area contributed by atoms with Crippen molar-refractivity contribution in [2.24, 2.45) is 10.2 Å². The maximum absolute atomic E-state index is 13.2. The summed E-state index contributed by atoms with van der Waals surface area (Å²) >= 11 is 2.48. The Morgan fingerprint density at radius 2 is 2.00 bits per heavy atom. The molecule has 33 heavy (non-hydrogen) atoms. The number of aryl methyl sites for hydroxylation is 2. The number of Topliss-reactive ketones (excluding diaryl/α,β-unsaturated/α-hetero) is 1. The minimum atomic E-state index is -0.590. The van der Waals surface area contributed by atoms with E-state index < -0.39 is 5.25 Å². The lowest BCUT2D eigenvalue weighted by molar-refractivity contribution is -0.126. The molecule has 2 fully saturated rings. The van der Waals surface area contributed by atoms with Crippen LogP contribution in [0.1, 0.15) is 46.5 Å². The zero-order valence-electron chi connectivity index (χ0n) is 17.8. The first-order valence-electron chi connectivity index (χ1n) is 10.8. The van der Waals surface area contributed by atoms with Crippen LogP contribution in [0.15, 0.2) is 51.2 Å². The average molecular weight is 483 g/mol. The summed E-state index contributed by atoms with van der Waals surface area (Å²) in [6, 6.07) is 9.44. The van der Waals surface area contributed by atoms with Crippen LogP contribution in [0.2, 0.25) is 0 Å². The van der Waals surface area contributed by atoms with E-state index in [9.17, 15) is 14.4 Å². The van der Waals surface area contributed by atoms with E-state index in [0.717, 1.165) is 19.3 Å². The van der Waals surface area contributed by atoms with Crippen LogP contribution >= 0.6 is 23.5 Å². The molecule has 2 amide bonds. The largest absolute Gasteiger partial charge is 0.467 e. The lowest BCUT2D eigenvalue weighted by Gasteiger charge is -2.16. The zero-order valence-corrected chi connectivity index (χ0v) is 19.4. The van der Waals surface area contributed by atoms with Gasteiger partial charge >= 0.3 is 0 Å². The quantitative estimate of drug-likeness (QED) is 0.500. The molecule has 0 radical (unpaired) electrons. The van der Waals surface area contributed by atoms with Crippen molar-refractivity contribution < 1.29 is 18.8 Å². The van der Waals surface area contributed by atoms with E-state index in [-0.39, 0.29) is 30.6 Å². The summed E-state index contributed by atoms with van der Waals surface area (Å²) in [4.78, 5) is 39.1. The van der Waals surface area contributed by atoms with Crippen molar-refractivity contribution in [1.82, 2.24) is 10.2 Å². The van der Waals surface area contributed by atoms with E-state index in [0.29, 0.717) is 27.4 Å². The molecule has 2 aliphatic heterocycles. The predicted molar refractivity (Wildman–Crippen MR) is 128 cm³/mol. The topological polar surface area (TPSA) is 104 Å². The van der Waals surface area contributed by atoms with E-state index in [4.69, 9.17) is 4.42 Å². The number of benzene rings is 1. The fourth-order valence-electron chi connectivity index (χ4n) is 4.08. The average Bonchev–Trinajstić information content (AvgIpc) is 3.55. The van der Waals surface area contributed by atoms with Crippen LogP contribution in [0.4, 0.5) is 0 Å². The minimum absolute atomic E-state index is 0.0571. The first kappa shape index (κ1) is 22.0. The summed E-state index contributed by atoms with van der Waals surface area (Å²) in [5, 5.41) is 11.1. The number of nitrogens with one attached hydrogen (secondary N) is 1. The second-order valence-electron chi connectivity index (χ2n) is 8.05. The molecule has 1 atom stereocenters. The molecule has 1 aliphatic carbocycles. The van der Waals surface area contributed by atoms with Gasteiger partial charge in [0.15, 0.2) is 16.1 Å².